The van der Waals surface area contributed by atoms with Crippen molar-refractivity contribution < 1.29 is 28.2 Å². The number of esters is 1. The van der Waals surface area contributed by atoms with Crippen LogP contribution in [0.3, 0.4) is 0 Å². The minimum absolute atomic E-state index is 0.0184. The van der Waals surface area contributed by atoms with E-state index in [0.717, 1.165) is 6.07 Å². The molecule has 14 nitrogen and oxygen atoms in total. The van der Waals surface area contributed by atoms with E-state index in [-0.39, 0.29) is 54.7 Å². The molecule has 0 spiro atoms. The number of ether oxygens (including phenoxy) is 1. The largest absolute Gasteiger partial charge is 0.456 e. The van der Waals surface area contributed by atoms with Gasteiger partial charge in [0.2, 0.25) is 5.89 Å². The average Bonchev–Trinajstić information content (AvgIpc) is 3.41. The van der Waals surface area contributed by atoms with Gasteiger partial charge in [0.25, 0.3) is 17.3 Å². The average molecular weight is 469 g/mol. The molecule has 0 N–H and O–H groups in total. The molecule has 0 unspecified atom stereocenters. The quantitative estimate of drug-likeness (QED) is 0.199. The predicted molar refractivity (Wildman–Crippen MR) is 113 cm³/mol. The highest BCUT2D eigenvalue weighted by molar-refractivity contribution is 5.75. The molecule has 174 valence electrons. The van der Waals surface area contributed by atoms with E-state index >= 15 is 0 Å². The third-order valence-electron chi connectivity index (χ3n) is 4.77. The summed E-state index contributed by atoms with van der Waals surface area (Å²) in [6, 6.07) is 9.36. The fourth-order valence-corrected chi connectivity index (χ4v) is 3.13. The van der Waals surface area contributed by atoms with Gasteiger partial charge in [-0.1, -0.05) is 0 Å². The van der Waals surface area contributed by atoms with Crippen LogP contribution in [0.1, 0.15) is 18.7 Å². The van der Waals surface area contributed by atoms with Crippen molar-refractivity contribution in [3.05, 3.63) is 79.1 Å². The van der Waals surface area contributed by atoms with E-state index in [1.807, 2.05) is 0 Å². The van der Waals surface area contributed by atoms with Gasteiger partial charge in [-0.3, -0.25) is 29.6 Å². The molecule has 2 heterocycles. The van der Waals surface area contributed by atoms with E-state index in [1.54, 1.807) is 0 Å². The summed E-state index contributed by atoms with van der Waals surface area (Å²) in [5.74, 6) is -1.09. The number of oxazole rings is 1. The fraction of sp³-hybridized carbons (Fsp3) is 0.200. The van der Waals surface area contributed by atoms with Gasteiger partial charge >= 0.3 is 11.7 Å². The molecule has 0 aliphatic rings. The van der Waals surface area contributed by atoms with Crippen LogP contribution in [0, 0.1) is 20.2 Å². The number of hydrogen-bond acceptors (Lipinski definition) is 11. The minimum Gasteiger partial charge on any atom is -0.456 e. The molecule has 0 aliphatic heterocycles. The number of fused-ring (bicyclic) bond motifs is 1. The number of carbonyl (C=O) groups is 1. The number of non-ortho nitro benzene ring substituents is 2. The molecule has 2 aromatic carbocycles. The highest BCUT2D eigenvalue weighted by Crippen LogP contribution is 2.22. The molecule has 14 heteroatoms. The molecule has 0 amide bonds. The molecule has 0 saturated carbocycles. The molecular weight excluding hydrogens is 454 g/mol. The van der Waals surface area contributed by atoms with E-state index in [2.05, 4.69) is 10.2 Å². The van der Waals surface area contributed by atoms with Crippen molar-refractivity contribution in [3.63, 3.8) is 0 Å². The predicted octanol–water partition coefficient (Wildman–Crippen LogP) is 2.98. The van der Waals surface area contributed by atoms with E-state index in [1.165, 1.54) is 41.0 Å². The standard InChI is InChI=1S/C20H15N5O9/c26-18(2-1-9-23-15-8-7-14(25(30)31)10-16(15)33-20(23)27)32-11-17-21-22-19(34-17)12-3-5-13(6-4-12)24(28)29/h3-8,10H,1-2,9,11H2. The van der Waals surface area contributed by atoms with Crippen LogP contribution in [0.15, 0.2) is 56.1 Å². The lowest BCUT2D eigenvalue weighted by atomic mass is 10.2. The molecule has 4 rings (SSSR count). The van der Waals surface area contributed by atoms with Gasteiger partial charge in [-0.05, 0) is 24.6 Å². The summed E-state index contributed by atoms with van der Waals surface area (Å²) in [6.45, 7) is -0.124. The smallest absolute Gasteiger partial charge is 0.419 e. The second kappa shape index (κ2) is 9.32. The summed E-state index contributed by atoms with van der Waals surface area (Å²) < 4.78 is 16.8. The Morgan fingerprint density at radius 1 is 1.00 bits per heavy atom. The van der Waals surface area contributed by atoms with Crippen LogP contribution in [0.4, 0.5) is 11.4 Å². The fourth-order valence-electron chi connectivity index (χ4n) is 3.13. The molecule has 0 saturated heterocycles. The Kier molecular flexibility index (Phi) is 6.11. The zero-order valence-corrected chi connectivity index (χ0v) is 17.3. The third-order valence-corrected chi connectivity index (χ3v) is 4.77. The maximum Gasteiger partial charge on any atom is 0.419 e. The zero-order chi connectivity index (χ0) is 24.2. The van der Waals surface area contributed by atoms with Crippen LogP contribution in [0.25, 0.3) is 22.6 Å². The topological polar surface area (TPSA) is 187 Å². The van der Waals surface area contributed by atoms with E-state index < -0.39 is 21.6 Å². The van der Waals surface area contributed by atoms with Gasteiger partial charge in [-0.2, -0.15) is 0 Å². The molecule has 0 fully saturated rings. The highest BCUT2D eigenvalue weighted by atomic mass is 16.6. The maximum atomic E-state index is 12.0. The van der Waals surface area contributed by atoms with Gasteiger partial charge in [0.15, 0.2) is 12.2 Å². The first kappa shape index (κ1) is 22.3. The molecule has 0 bridgehead atoms. The SMILES string of the molecule is O=C(CCCn1c(=O)oc2cc([N+](=O)[O-])ccc21)OCc1nnc(-c2ccc([N+](=O)[O-])cc2)o1. The number of rotatable bonds is 9. The van der Waals surface area contributed by atoms with Crippen LogP contribution in [-0.2, 0) is 22.7 Å². The van der Waals surface area contributed by atoms with Gasteiger partial charge in [-0.25, -0.2) is 4.79 Å². The van der Waals surface area contributed by atoms with Crippen molar-refractivity contribution in [2.24, 2.45) is 0 Å². The first-order chi connectivity index (χ1) is 16.3. The third kappa shape index (κ3) is 4.79. The Balaban J connectivity index is 1.29. The van der Waals surface area contributed by atoms with E-state index in [0.29, 0.717) is 11.1 Å². The Bertz CT molecular complexity index is 1430. The Labute approximate surface area is 188 Å². The van der Waals surface area contributed by atoms with Crippen molar-refractivity contribution in [1.82, 2.24) is 14.8 Å². The summed E-state index contributed by atoms with van der Waals surface area (Å²) in [5.41, 5.74) is 0.661. The molecule has 4 aromatic rings. The lowest BCUT2D eigenvalue weighted by Gasteiger charge is -2.03. The number of nitro groups is 2. The van der Waals surface area contributed by atoms with Gasteiger partial charge in [0.1, 0.15) is 0 Å². The summed E-state index contributed by atoms with van der Waals surface area (Å²) in [5, 5.41) is 29.2. The molecule has 0 atom stereocenters. The van der Waals surface area contributed by atoms with Gasteiger partial charge in [0, 0.05) is 36.7 Å². The van der Waals surface area contributed by atoms with Crippen molar-refractivity contribution in [2.75, 3.05) is 0 Å². The van der Waals surface area contributed by atoms with Crippen LogP contribution < -0.4 is 5.76 Å². The first-order valence-corrected chi connectivity index (χ1v) is 9.82. The van der Waals surface area contributed by atoms with Crippen LogP contribution >= 0.6 is 0 Å². The minimum atomic E-state index is -0.687. The van der Waals surface area contributed by atoms with Gasteiger partial charge in [-0.15, -0.1) is 10.2 Å². The summed E-state index contributed by atoms with van der Waals surface area (Å²) >= 11 is 0. The Morgan fingerprint density at radius 3 is 2.41 bits per heavy atom. The van der Waals surface area contributed by atoms with Crippen LogP contribution in [0.5, 0.6) is 0 Å². The lowest BCUT2D eigenvalue weighted by Crippen LogP contribution is -2.15. The number of hydrogen-bond donors (Lipinski definition) is 0. The Morgan fingerprint density at radius 2 is 1.71 bits per heavy atom. The summed E-state index contributed by atoms with van der Waals surface area (Å²) in [4.78, 5) is 44.5. The van der Waals surface area contributed by atoms with Crippen LogP contribution in [-0.4, -0.2) is 30.6 Å². The number of aryl methyl sites for hydroxylation is 1. The summed E-state index contributed by atoms with van der Waals surface area (Å²) in [6.07, 6.45) is 0.234. The maximum absolute atomic E-state index is 12.0. The summed E-state index contributed by atoms with van der Waals surface area (Å²) in [7, 11) is 0. The molecule has 0 aliphatic carbocycles. The van der Waals surface area contributed by atoms with Crippen molar-refractivity contribution >= 4 is 28.4 Å². The monoisotopic (exact) mass is 469 g/mol. The van der Waals surface area contributed by atoms with Gasteiger partial charge < -0.3 is 13.6 Å². The highest BCUT2D eigenvalue weighted by Gasteiger charge is 2.16. The first-order valence-electron chi connectivity index (χ1n) is 9.82. The number of aromatic nitrogens is 3. The number of nitro benzene ring substituents is 2. The number of carbonyl (C=O) groups excluding carboxylic acids is 1. The van der Waals surface area contributed by atoms with Crippen molar-refractivity contribution in [3.8, 4) is 11.5 Å². The molecule has 2 aromatic heterocycles. The normalized spacial score (nSPS) is 10.9. The van der Waals surface area contributed by atoms with E-state index in [9.17, 15) is 29.8 Å². The number of benzene rings is 2. The molecule has 0 radical (unpaired) electrons. The zero-order valence-electron chi connectivity index (χ0n) is 17.3. The van der Waals surface area contributed by atoms with Gasteiger partial charge in [0.05, 0.1) is 21.4 Å². The number of nitrogens with zero attached hydrogens (tertiary/aromatic N) is 5. The van der Waals surface area contributed by atoms with Crippen molar-refractivity contribution in [1.29, 1.82) is 0 Å². The van der Waals surface area contributed by atoms with E-state index in [4.69, 9.17) is 13.6 Å². The molecular formula is C20H15N5O9. The second-order valence-corrected chi connectivity index (χ2v) is 7.00. The Hall–Kier alpha value is -4.88. The molecule has 34 heavy (non-hydrogen) atoms. The van der Waals surface area contributed by atoms with Crippen molar-refractivity contribution in [2.45, 2.75) is 26.0 Å². The van der Waals surface area contributed by atoms with Crippen LogP contribution in [0.2, 0.25) is 0 Å². The second-order valence-electron chi connectivity index (χ2n) is 7.00. The lowest BCUT2D eigenvalue weighted by molar-refractivity contribution is -0.385.